The Hall–Kier alpha value is -1.41. The number of rotatable bonds is 1. The molecule has 1 aromatic heterocycles. The first-order valence-corrected chi connectivity index (χ1v) is 5.33. The minimum atomic E-state index is 0.154. The lowest BCUT2D eigenvalue weighted by Crippen LogP contribution is -2.46. The molecule has 0 amide bonds. The molecule has 5 nitrogen and oxygen atoms in total. The number of hydrogen-bond donors (Lipinski definition) is 0. The highest BCUT2D eigenvalue weighted by Gasteiger charge is 2.38. The van der Waals surface area contributed by atoms with Gasteiger partial charge >= 0.3 is 0 Å². The lowest BCUT2D eigenvalue weighted by Gasteiger charge is -2.43. The molecular formula is C10H12N4O. The summed E-state index contributed by atoms with van der Waals surface area (Å²) in [5.41, 5.74) is 0. The van der Waals surface area contributed by atoms with E-state index < -0.39 is 0 Å². The van der Waals surface area contributed by atoms with Gasteiger partial charge in [0.2, 0.25) is 5.89 Å². The average Bonchev–Trinajstić information content (AvgIpc) is 2.79. The summed E-state index contributed by atoms with van der Waals surface area (Å²) in [6.07, 6.45) is 2.43. The van der Waals surface area contributed by atoms with Gasteiger partial charge in [0.15, 0.2) is 0 Å². The standard InChI is InChI=1S/C10H12N4O/c11-5-9-12-10(15-13-9)8-6-14-3-1-7(8)2-4-14/h7-8H,1-4,6H2. The fraction of sp³-hybridized carbons (Fsp3) is 0.700. The van der Waals surface area contributed by atoms with Crippen LogP contribution in [0.1, 0.15) is 30.5 Å². The molecule has 1 unspecified atom stereocenters. The highest BCUT2D eigenvalue weighted by atomic mass is 16.5. The van der Waals surface area contributed by atoms with Gasteiger partial charge in [0.05, 0.1) is 5.92 Å². The molecule has 3 aliphatic heterocycles. The van der Waals surface area contributed by atoms with Crippen LogP contribution in [-0.2, 0) is 0 Å². The molecule has 4 rings (SSSR count). The Kier molecular flexibility index (Phi) is 1.96. The normalized spacial score (nSPS) is 33.9. The highest BCUT2D eigenvalue weighted by molar-refractivity contribution is 5.10. The van der Waals surface area contributed by atoms with Gasteiger partial charge in [0.25, 0.3) is 5.82 Å². The second kappa shape index (κ2) is 3.31. The van der Waals surface area contributed by atoms with E-state index in [-0.39, 0.29) is 5.82 Å². The van der Waals surface area contributed by atoms with Crippen LogP contribution in [0, 0.1) is 17.2 Å². The average molecular weight is 204 g/mol. The molecule has 3 saturated heterocycles. The number of aromatic nitrogens is 2. The summed E-state index contributed by atoms with van der Waals surface area (Å²) in [6.45, 7) is 3.40. The number of hydrogen-bond acceptors (Lipinski definition) is 5. The molecule has 2 bridgehead atoms. The van der Waals surface area contributed by atoms with Crippen LogP contribution in [0.5, 0.6) is 0 Å². The molecule has 0 aromatic carbocycles. The predicted molar refractivity (Wildman–Crippen MR) is 50.9 cm³/mol. The Morgan fingerprint density at radius 3 is 2.73 bits per heavy atom. The largest absolute Gasteiger partial charge is 0.338 e. The summed E-state index contributed by atoms with van der Waals surface area (Å²) in [4.78, 5) is 6.54. The summed E-state index contributed by atoms with van der Waals surface area (Å²) in [5.74, 6) is 1.83. The zero-order valence-corrected chi connectivity index (χ0v) is 8.39. The lowest BCUT2D eigenvalue weighted by atomic mass is 9.79. The molecule has 4 heterocycles. The van der Waals surface area contributed by atoms with Crippen molar-refractivity contribution in [2.75, 3.05) is 19.6 Å². The van der Waals surface area contributed by atoms with Gasteiger partial charge in [-0.2, -0.15) is 10.2 Å². The van der Waals surface area contributed by atoms with Crippen molar-refractivity contribution < 1.29 is 4.52 Å². The fourth-order valence-electron chi connectivity index (χ4n) is 2.68. The third-order valence-electron chi connectivity index (χ3n) is 3.52. The molecule has 5 heteroatoms. The second-order valence-electron chi connectivity index (χ2n) is 4.31. The summed E-state index contributed by atoms with van der Waals surface area (Å²) < 4.78 is 5.14. The van der Waals surface area contributed by atoms with Gasteiger partial charge in [-0.3, -0.25) is 0 Å². The van der Waals surface area contributed by atoms with E-state index in [4.69, 9.17) is 9.78 Å². The maximum Gasteiger partial charge on any atom is 0.273 e. The third kappa shape index (κ3) is 1.41. The van der Waals surface area contributed by atoms with Crippen molar-refractivity contribution in [3.63, 3.8) is 0 Å². The van der Waals surface area contributed by atoms with Crippen LogP contribution >= 0.6 is 0 Å². The zero-order chi connectivity index (χ0) is 10.3. The SMILES string of the molecule is N#Cc1noc(C2CN3CCC2CC3)n1. The topological polar surface area (TPSA) is 66.0 Å². The van der Waals surface area contributed by atoms with Gasteiger partial charge < -0.3 is 9.42 Å². The molecule has 1 atom stereocenters. The van der Waals surface area contributed by atoms with Crippen LogP contribution in [0.3, 0.4) is 0 Å². The Morgan fingerprint density at radius 2 is 2.20 bits per heavy atom. The van der Waals surface area contributed by atoms with Crippen molar-refractivity contribution in [3.8, 4) is 6.07 Å². The molecular weight excluding hydrogens is 192 g/mol. The lowest BCUT2D eigenvalue weighted by molar-refractivity contribution is 0.0727. The summed E-state index contributed by atoms with van der Waals surface area (Å²) in [5, 5.41) is 12.3. The van der Waals surface area contributed by atoms with E-state index in [2.05, 4.69) is 15.0 Å². The Labute approximate surface area is 87.7 Å². The van der Waals surface area contributed by atoms with Crippen LogP contribution in [0.25, 0.3) is 0 Å². The van der Waals surface area contributed by atoms with Gasteiger partial charge in [-0.25, -0.2) is 0 Å². The van der Waals surface area contributed by atoms with E-state index in [9.17, 15) is 0 Å². The summed E-state index contributed by atoms with van der Waals surface area (Å²) in [6, 6.07) is 1.90. The van der Waals surface area contributed by atoms with Crippen LogP contribution in [-0.4, -0.2) is 34.7 Å². The number of nitrogens with zero attached hydrogens (tertiary/aromatic N) is 4. The molecule has 3 fully saturated rings. The number of nitriles is 1. The van der Waals surface area contributed by atoms with Gasteiger partial charge in [0, 0.05) is 6.54 Å². The van der Waals surface area contributed by atoms with Crippen molar-refractivity contribution in [3.05, 3.63) is 11.7 Å². The van der Waals surface area contributed by atoms with Gasteiger partial charge in [-0.1, -0.05) is 0 Å². The molecule has 0 spiro atoms. The molecule has 0 saturated carbocycles. The fourth-order valence-corrected chi connectivity index (χ4v) is 2.68. The van der Waals surface area contributed by atoms with E-state index >= 15 is 0 Å². The molecule has 0 N–H and O–H groups in total. The number of fused-ring (bicyclic) bond motifs is 3. The monoisotopic (exact) mass is 204 g/mol. The smallest absolute Gasteiger partial charge is 0.273 e. The van der Waals surface area contributed by atoms with Crippen LogP contribution in [0.2, 0.25) is 0 Å². The van der Waals surface area contributed by atoms with Crippen LogP contribution in [0.4, 0.5) is 0 Å². The second-order valence-corrected chi connectivity index (χ2v) is 4.31. The number of piperidine rings is 3. The first-order chi connectivity index (χ1) is 7.36. The maximum atomic E-state index is 8.64. The van der Waals surface area contributed by atoms with Crippen molar-refractivity contribution in [2.24, 2.45) is 5.92 Å². The van der Waals surface area contributed by atoms with E-state index in [0.717, 1.165) is 6.54 Å². The minimum Gasteiger partial charge on any atom is -0.338 e. The Bertz CT molecular complexity index is 400. The van der Waals surface area contributed by atoms with Crippen molar-refractivity contribution in [1.29, 1.82) is 5.26 Å². The Morgan fingerprint density at radius 1 is 1.40 bits per heavy atom. The quantitative estimate of drug-likeness (QED) is 0.675. The van der Waals surface area contributed by atoms with E-state index in [1.54, 1.807) is 0 Å². The third-order valence-corrected chi connectivity index (χ3v) is 3.52. The van der Waals surface area contributed by atoms with Gasteiger partial charge in [-0.15, -0.1) is 0 Å². The zero-order valence-electron chi connectivity index (χ0n) is 8.39. The van der Waals surface area contributed by atoms with Crippen molar-refractivity contribution >= 4 is 0 Å². The minimum absolute atomic E-state index is 0.154. The molecule has 78 valence electrons. The van der Waals surface area contributed by atoms with Crippen LogP contribution < -0.4 is 0 Å². The van der Waals surface area contributed by atoms with Gasteiger partial charge in [-0.05, 0) is 37.0 Å². The molecule has 1 aromatic rings. The Balaban J connectivity index is 1.85. The maximum absolute atomic E-state index is 8.64. The first kappa shape index (κ1) is 8.86. The van der Waals surface area contributed by atoms with Crippen molar-refractivity contribution in [1.82, 2.24) is 15.0 Å². The van der Waals surface area contributed by atoms with E-state index in [1.807, 2.05) is 6.07 Å². The predicted octanol–water partition coefficient (Wildman–Crippen LogP) is 0.750. The van der Waals surface area contributed by atoms with E-state index in [0.29, 0.717) is 17.7 Å². The molecule has 0 radical (unpaired) electrons. The summed E-state index contributed by atoms with van der Waals surface area (Å²) >= 11 is 0. The molecule has 3 aliphatic rings. The van der Waals surface area contributed by atoms with E-state index in [1.165, 1.54) is 25.9 Å². The van der Waals surface area contributed by atoms with Gasteiger partial charge in [0.1, 0.15) is 6.07 Å². The highest BCUT2D eigenvalue weighted by Crippen LogP contribution is 2.37. The van der Waals surface area contributed by atoms with Crippen LogP contribution in [0.15, 0.2) is 4.52 Å². The first-order valence-electron chi connectivity index (χ1n) is 5.33. The molecule has 0 aliphatic carbocycles. The summed E-state index contributed by atoms with van der Waals surface area (Å²) in [7, 11) is 0. The van der Waals surface area contributed by atoms with Crippen molar-refractivity contribution in [2.45, 2.75) is 18.8 Å². The molecule has 15 heavy (non-hydrogen) atoms.